The van der Waals surface area contributed by atoms with E-state index in [9.17, 15) is 0 Å². The zero-order valence-electron chi connectivity index (χ0n) is 10.0. The number of rotatable bonds is 7. The Bertz CT molecular complexity index is 359. The molecule has 0 radical (unpaired) electrons. The molecule has 0 bridgehead atoms. The number of hydrogen-bond acceptors (Lipinski definition) is 3. The van der Waals surface area contributed by atoms with Gasteiger partial charge in [-0.15, -0.1) is 0 Å². The number of nitriles is 1. The predicted molar refractivity (Wildman–Crippen MR) is 72.0 cm³/mol. The van der Waals surface area contributed by atoms with E-state index in [1.807, 2.05) is 24.3 Å². The van der Waals surface area contributed by atoms with Crippen molar-refractivity contribution in [2.45, 2.75) is 13.3 Å². The van der Waals surface area contributed by atoms with Crippen LogP contribution in [0.15, 0.2) is 28.7 Å². The van der Waals surface area contributed by atoms with Gasteiger partial charge in [-0.3, -0.25) is 4.90 Å². The highest BCUT2D eigenvalue weighted by atomic mass is 79.9. The Hall–Kier alpha value is -1.05. The van der Waals surface area contributed by atoms with E-state index in [0.717, 1.165) is 29.7 Å². The van der Waals surface area contributed by atoms with Crippen LogP contribution in [0.3, 0.4) is 0 Å². The van der Waals surface area contributed by atoms with Crippen molar-refractivity contribution in [2.24, 2.45) is 0 Å². The lowest BCUT2D eigenvalue weighted by Crippen LogP contribution is -2.29. The van der Waals surface area contributed by atoms with Gasteiger partial charge in [0.1, 0.15) is 12.4 Å². The Labute approximate surface area is 111 Å². The lowest BCUT2D eigenvalue weighted by Gasteiger charge is -2.18. The molecule has 1 aromatic carbocycles. The van der Waals surface area contributed by atoms with Crippen LogP contribution < -0.4 is 4.74 Å². The van der Waals surface area contributed by atoms with Crippen LogP contribution in [0.1, 0.15) is 13.3 Å². The number of halogens is 1. The summed E-state index contributed by atoms with van der Waals surface area (Å²) in [6.07, 6.45) is 1.06. The average molecular weight is 297 g/mol. The minimum atomic E-state index is 0.470. The van der Waals surface area contributed by atoms with E-state index >= 15 is 0 Å². The molecule has 3 nitrogen and oxygen atoms in total. The summed E-state index contributed by atoms with van der Waals surface area (Å²) < 4.78 is 6.66. The molecule has 0 saturated carbocycles. The first kappa shape index (κ1) is 14.0. The molecule has 0 spiro atoms. The molecule has 1 rings (SSSR count). The van der Waals surface area contributed by atoms with Gasteiger partial charge in [-0.2, -0.15) is 5.26 Å². The number of benzene rings is 1. The fraction of sp³-hybridized carbons (Fsp3) is 0.462. The van der Waals surface area contributed by atoms with E-state index in [0.29, 0.717) is 13.2 Å². The first-order valence-corrected chi connectivity index (χ1v) is 6.53. The second-order valence-corrected chi connectivity index (χ2v) is 4.65. The van der Waals surface area contributed by atoms with Crippen molar-refractivity contribution in [1.82, 2.24) is 4.90 Å². The Morgan fingerprint density at radius 1 is 1.29 bits per heavy atom. The van der Waals surface area contributed by atoms with Gasteiger partial charge in [-0.25, -0.2) is 0 Å². The number of hydrogen-bond donors (Lipinski definition) is 0. The van der Waals surface area contributed by atoms with Gasteiger partial charge in [0.15, 0.2) is 0 Å². The average Bonchev–Trinajstić information content (AvgIpc) is 2.32. The van der Waals surface area contributed by atoms with Crippen LogP contribution in [0, 0.1) is 11.3 Å². The van der Waals surface area contributed by atoms with Crippen molar-refractivity contribution in [3.63, 3.8) is 0 Å². The number of nitrogens with zero attached hydrogens (tertiary/aromatic N) is 2. The summed E-state index contributed by atoms with van der Waals surface area (Å²) in [6.45, 7) is 4.93. The summed E-state index contributed by atoms with van der Waals surface area (Å²) in [5, 5.41) is 8.67. The highest BCUT2D eigenvalue weighted by molar-refractivity contribution is 9.10. The normalized spacial score (nSPS) is 10.2. The van der Waals surface area contributed by atoms with Gasteiger partial charge in [0.05, 0.1) is 12.6 Å². The summed E-state index contributed by atoms with van der Waals surface area (Å²) in [6, 6.07) is 9.94. The molecule has 0 aromatic heterocycles. The van der Waals surface area contributed by atoms with Gasteiger partial charge in [0.2, 0.25) is 0 Å². The van der Waals surface area contributed by atoms with Crippen molar-refractivity contribution in [3.8, 4) is 11.8 Å². The third kappa shape index (κ3) is 5.71. The van der Waals surface area contributed by atoms with Crippen LogP contribution in [0.4, 0.5) is 0 Å². The van der Waals surface area contributed by atoms with Crippen LogP contribution in [-0.4, -0.2) is 31.1 Å². The van der Waals surface area contributed by atoms with Gasteiger partial charge in [0.25, 0.3) is 0 Å². The lowest BCUT2D eigenvalue weighted by atomic mass is 10.3. The fourth-order valence-corrected chi connectivity index (χ4v) is 1.77. The summed E-state index contributed by atoms with van der Waals surface area (Å²) >= 11 is 3.38. The van der Waals surface area contributed by atoms with Crippen LogP contribution >= 0.6 is 15.9 Å². The van der Waals surface area contributed by atoms with Crippen LogP contribution in [0.5, 0.6) is 5.75 Å². The molecule has 0 amide bonds. The second kappa shape index (κ2) is 8.10. The molecule has 0 aliphatic rings. The van der Waals surface area contributed by atoms with Crippen LogP contribution in [0.25, 0.3) is 0 Å². The van der Waals surface area contributed by atoms with Gasteiger partial charge in [-0.05, 0) is 37.2 Å². The molecule has 0 aliphatic heterocycles. The molecule has 0 N–H and O–H groups in total. The van der Waals surface area contributed by atoms with E-state index in [2.05, 4.69) is 33.8 Å². The summed E-state index contributed by atoms with van der Waals surface area (Å²) in [7, 11) is 0. The Kier molecular flexibility index (Phi) is 6.68. The first-order valence-electron chi connectivity index (χ1n) is 5.74. The Morgan fingerprint density at radius 2 is 2.00 bits per heavy atom. The smallest absolute Gasteiger partial charge is 0.119 e. The Balaban J connectivity index is 2.30. The molecular weight excluding hydrogens is 280 g/mol. The third-order valence-electron chi connectivity index (χ3n) is 2.32. The molecule has 0 aliphatic carbocycles. The maximum absolute atomic E-state index is 8.67. The molecule has 17 heavy (non-hydrogen) atoms. The summed E-state index contributed by atoms with van der Waals surface area (Å²) in [5.41, 5.74) is 0. The molecule has 0 atom stereocenters. The maximum atomic E-state index is 8.67. The highest BCUT2D eigenvalue weighted by Crippen LogP contribution is 2.15. The molecule has 92 valence electrons. The standard InChI is InChI=1S/C13H17BrN2O/c1-2-8-16(9-7-15)10-11-17-13-5-3-12(14)4-6-13/h3-6H,2,8-11H2,1H3. The van der Waals surface area contributed by atoms with E-state index in [1.165, 1.54) is 0 Å². The molecule has 0 fully saturated rings. The zero-order valence-corrected chi connectivity index (χ0v) is 11.6. The third-order valence-corrected chi connectivity index (χ3v) is 2.85. The molecule has 1 aromatic rings. The van der Waals surface area contributed by atoms with Gasteiger partial charge >= 0.3 is 0 Å². The Morgan fingerprint density at radius 3 is 2.59 bits per heavy atom. The quantitative estimate of drug-likeness (QED) is 0.726. The lowest BCUT2D eigenvalue weighted by molar-refractivity contribution is 0.224. The second-order valence-electron chi connectivity index (χ2n) is 3.74. The highest BCUT2D eigenvalue weighted by Gasteiger charge is 2.02. The predicted octanol–water partition coefficient (Wildman–Crippen LogP) is 3.06. The van der Waals surface area contributed by atoms with E-state index < -0.39 is 0 Å². The van der Waals surface area contributed by atoms with Crippen molar-refractivity contribution in [3.05, 3.63) is 28.7 Å². The summed E-state index contributed by atoms with van der Waals surface area (Å²) in [4.78, 5) is 2.10. The first-order chi connectivity index (χ1) is 8.26. The fourth-order valence-electron chi connectivity index (χ4n) is 1.51. The monoisotopic (exact) mass is 296 g/mol. The van der Waals surface area contributed by atoms with Gasteiger partial charge < -0.3 is 4.74 Å². The zero-order chi connectivity index (χ0) is 12.5. The van der Waals surface area contributed by atoms with Crippen LogP contribution in [-0.2, 0) is 0 Å². The van der Waals surface area contributed by atoms with Crippen molar-refractivity contribution in [2.75, 3.05) is 26.2 Å². The molecule has 0 unspecified atom stereocenters. The van der Waals surface area contributed by atoms with E-state index in [-0.39, 0.29) is 0 Å². The minimum absolute atomic E-state index is 0.470. The maximum Gasteiger partial charge on any atom is 0.119 e. The van der Waals surface area contributed by atoms with E-state index in [4.69, 9.17) is 10.00 Å². The van der Waals surface area contributed by atoms with Crippen LogP contribution in [0.2, 0.25) is 0 Å². The van der Waals surface area contributed by atoms with Gasteiger partial charge in [0, 0.05) is 11.0 Å². The number of ether oxygens (including phenoxy) is 1. The SMILES string of the molecule is CCCN(CC#N)CCOc1ccc(Br)cc1. The largest absolute Gasteiger partial charge is 0.492 e. The van der Waals surface area contributed by atoms with Crippen molar-refractivity contribution < 1.29 is 4.74 Å². The molecular formula is C13H17BrN2O. The van der Waals surface area contributed by atoms with Crippen molar-refractivity contribution in [1.29, 1.82) is 5.26 Å². The van der Waals surface area contributed by atoms with Gasteiger partial charge in [-0.1, -0.05) is 22.9 Å². The minimum Gasteiger partial charge on any atom is -0.492 e. The molecule has 0 saturated heterocycles. The topological polar surface area (TPSA) is 36.3 Å². The molecule has 0 heterocycles. The van der Waals surface area contributed by atoms with E-state index in [1.54, 1.807) is 0 Å². The molecule has 4 heteroatoms. The van der Waals surface area contributed by atoms with Crippen molar-refractivity contribution >= 4 is 15.9 Å². The summed E-state index contributed by atoms with van der Waals surface area (Å²) in [5.74, 6) is 0.863.